The highest BCUT2D eigenvalue weighted by atomic mass is 35.5. The van der Waals surface area contributed by atoms with E-state index in [2.05, 4.69) is 5.32 Å². The van der Waals surface area contributed by atoms with E-state index < -0.39 is 21.6 Å². The molecule has 2 aromatic rings. The topological polar surface area (TPSA) is 96.0 Å². The molecule has 1 N–H and O–H groups in total. The van der Waals surface area contributed by atoms with Crippen molar-refractivity contribution in [1.29, 1.82) is 0 Å². The van der Waals surface area contributed by atoms with E-state index in [9.17, 15) is 18.0 Å². The molecule has 38 heavy (non-hydrogen) atoms. The Balaban J connectivity index is 2.27. The summed E-state index contributed by atoms with van der Waals surface area (Å²) in [5.41, 5.74) is 1.92. The maximum absolute atomic E-state index is 13.6. The molecule has 0 bridgehead atoms. The molecule has 2 rings (SSSR count). The van der Waals surface area contributed by atoms with Crippen LogP contribution in [0.25, 0.3) is 0 Å². The van der Waals surface area contributed by atoms with Gasteiger partial charge in [0.05, 0.1) is 24.1 Å². The van der Waals surface area contributed by atoms with E-state index in [0.717, 1.165) is 17.4 Å². The van der Waals surface area contributed by atoms with Crippen LogP contribution in [0.15, 0.2) is 42.5 Å². The average molecular weight is 566 g/mol. The maximum atomic E-state index is 13.6. The van der Waals surface area contributed by atoms with Gasteiger partial charge in [-0.05, 0) is 69.9 Å². The quantitative estimate of drug-likeness (QED) is 0.394. The predicted octanol–water partition coefficient (Wildman–Crippen LogP) is 4.93. The minimum Gasteiger partial charge on any atom is -0.495 e. The van der Waals surface area contributed by atoms with Crippen molar-refractivity contribution in [3.8, 4) is 5.75 Å². The fourth-order valence-corrected chi connectivity index (χ4v) is 5.37. The number of aryl methyl sites for hydroxylation is 1. The zero-order chi connectivity index (χ0) is 28.7. The van der Waals surface area contributed by atoms with Gasteiger partial charge < -0.3 is 15.0 Å². The van der Waals surface area contributed by atoms with Crippen molar-refractivity contribution in [2.45, 2.75) is 72.0 Å². The second-order valence-electron chi connectivity index (χ2n) is 10.4. The summed E-state index contributed by atoms with van der Waals surface area (Å²) in [7, 11) is -2.16. The molecule has 10 heteroatoms. The first-order valence-corrected chi connectivity index (χ1v) is 14.9. The van der Waals surface area contributed by atoms with Crippen molar-refractivity contribution < 1.29 is 22.7 Å². The summed E-state index contributed by atoms with van der Waals surface area (Å²) < 4.78 is 31.5. The van der Waals surface area contributed by atoms with Gasteiger partial charge in [0.15, 0.2) is 0 Å². The van der Waals surface area contributed by atoms with E-state index in [1.807, 2.05) is 58.9 Å². The number of nitrogens with zero attached hydrogens (tertiary/aromatic N) is 2. The average Bonchev–Trinajstić information content (AvgIpc) is 2.80. The summed E-state index contributed by atoms with van der Waals surface area (Å²) in [6.45, 7) is 9.91. The molecule has 0 fully saturated rings. The molecule has 2 amide bonds. The van der Waals surface area contributed by atoms with Crippen LogP contribution in [-0.4, -0.2) is 56.6 Å². The van der Waals surface area contributed by atoms with Crippen molar-refractivity contribution in [2.24, 2.45) is 0 Å². The first-order valence-electron chi connectivity index (χ1n) is 12.6. The van der Waals surface area contributed by atoms with E-state index in [-0.39, 0.29) is 42.8 Å². The zero-order valence-corrected chi connectivity index (χ0v) is 24.9. The Kier molecular flexibility index (Phi) is 11.0. The number of sulfonamides is 1. The Labute approximate surface area is 232 Å². The Bertz CT molecular complexity index is 1230. The molecule has 8 nitrogen and oxygen atoms in total. The van der Waals surface area contributed by atoms with Crippen LogP contribution < -0.4 is 14.4 Å². The van der Waals surface area contributed by atoms with Crippen LogP contribution in [0.1, 0.15) is 58.1 Å². The molecule has 0 aliphatic carbocycles. The number of halogens is 1. The van der Waals surface area contributed by atoms with E-state index in [1.165, 1.54) is 17.5 Å². The van der Waals surface area contributed by atoms with Crippen molar-refractivity contribution >= 4 is 39.1 Å². The molecule has 0 spiro atoms. The lowest BCUT2D eigenvalue weighted by Gasteiger charge is -2.33. The van der Waals surface area contributed by atoms with Gasteiger partial charge in [-0.15, -0.1) is 0 Å². The molecule has 0 radical (unpaired) electrons. The lowest BCUT2D eigenvalue weighted by atomic mass is 10.0. The Morgan fingerprint density at radius 2 is 1.79 bits per heavy atom. The van der Waals surface area contributed by atoms with E-state index >= 15 is 0 Å². The molecule has 0 heterocycles. The van der Waals surface area contributed by atoms with E-state index in [4.69, 9.17) is 16.3 Å². The first kappa shape index (κ1) is 31.4. The van der Waals surface area contributed by atoms with Crippen molar-refractivity contribution in [3.63, 3.8) is 0 Å². The number of hydrogen-bond acceptors (Lipinski definition) is 5. The third kappa shape index (κ3) is 8.91. The lowest BCUT2D eigenvalue weighted by Crippen LogP contribution is -2.53. The lowest BCUT2D eigenvalue weighted by molar-refractivity contribution is -0.142. The number of carbonyl (C=O) groups excluding carboxylic acids is 2. The zero-order valence-electron chi connectivity index (χ0n) is 23.4. The predicted molar refractivity (Wildman–Crippen MR) is 153 cm³/mol. The van der Waals surface area contributed by atoms with Gasteiger partial charge in [0.25, 0.3) is 0 Å². The third-order valence-electron chi connectivity index (χ3n) is 6.06. The molecular formula is C28H40ClN3O5S. The minimum atomic E-state index is -3.64. The number of ether oxygens (including phenoxy) is 1. The number of benzene rings is 2. The van der Waals surface area contributed by atoms with Crippen molar-refractivity contribution in [3.05, 3.63) is 58.6 Å². The number of carbonyl (C=O) groups is 2. The van der Waals surface area contributed by atoms with Crippen LogP contribution >= 0.6 is 11.6 Å². The molecule has 2 aromatic carbocycles. The number of anilines is 1. The van der Waals surface area contributed by atoms with Gasteiger partial charge in [0, 0.05) is 25.0 Å². The van der Waals surface area contributed by atoms with Gasteiger partial charge in [-0.2, -0.15) is 0 Å². The number of nitrogens with one attached hydrogen (secondary N) is 1. The highest BCUT2D eigenvalue weighted by Gasteiger charge is 2.31. The molecule has 210 valence electrons. The van der Waals surface area contributed by atoms with Gasteiger partial charge in [0.2, 0.25) is 21.8 Å². The molecule has 0 saturated carbocycles. The van der Waals surface area contributed by atoms with Gasteiger partial charge in [-0.1, -0.05) is 42.8 Å². The summed E-state index contributed by atoms with van der Waals surface area (Å²) in [5.74, 6) is 0.00276. The van der Waals surface area contributed by atoms with Crippen LogP contribution in [0.5, 0.6) is 5.75 Å². The largest absolute Gasteiger partial charge is 0.495 e. The summed E-state index contributed by atoms with van der Waals surface area (Å²) in [5, 5.41) is 3.28. The number of methoxy groups -OCH3 is 1. The second kappa shape index (κ2) is 13.3. The molecule has 1 atom stereocenters. The summed E-state index contributed by atoms with van der Waals surface area (Å²) >= 11 is 6.22. The highest BCUT2D eigenvalue weighted by molar-refractivity contribution is 7.92. The van der Waals surface area contributed by atoms with E-state index in [0.29, 0.717) is 17.9 Å². The van der Waals surface area contributed by atoms with Gasteiger partial charge >= 0.3 is 0 Å². The van der Waals surface area contributed by atoms with Crippen LogP contribution in [0.4, 0.5) is 5.69 Å². The fourth-order valence-electron chi connectivity index (χ4n) is 4.16. The van der Waals surface area contributed by atoms with Crippen LogP contribution in [0, 0.1) is 6.92 Å². The number of rotatable bonds is 12. The summed E-state index contributed by atoms with van der Waals surface area (Å²) in [6.07, 6.45) is 1.89. The van der Waals surface area contributed by atoms with Crippen LogP contribution in [0.3, 0.4) is 0 Å². The Hall–Kier alpha value is -2.78. The van der Waals surface area contributed by atoms with Crippen molar-refractivity contribution in [1.82, 2.24) is 10.2 Å². The SMILES string of the molecule is CC[C@H](C(=O)NC(C)(C)C)N(Cc1ccccc1C)C(=O)CCCN(c1ccc(OC)c(Cl)c1)S(C)(=O)=O. The first-order chi connectivity index (χ1) is 17.7. The fraction of sp³-hybridized carbons (Fsp3) is 0.500. The summed E-state index contributed by atoms with van der Waals surface area (Å²) in [4.78, 5) is 28.4. The van der Waals surface area contributed by atoms with Crippen LogP contribution in [-0.2, 0) is 26.2 Å². The molecule has 0 aliphatic heterocycles. The van der Waals surface area contributed by atoms with Gasteiger partial charge in [-0.25, -0.2) is 8.42 Å². The van der Waals surface area contributed by atoms with Gasteiger partial charge in [-0.3, -0.25) is 13.9 Å². The number of hydrogen-bond donors (Lipinski definition) is 1. The smallest absolute Gasteiger partial charge is 0.243 e. The Morgan fingerprint density at radius 3 is 2.32 bits per heavy atom. The molecule has 0 saturated heterocycles. The molecule has 0 unspecified atom stereocenters. The normalized spacial score (nSPS) is 12.5. The standard InChI is InChI=1S/C28H40ClN3O5S/c1-8-24(27(34)30-28(3,4)5)31(19-21-13-10-9-12-20(21)2)26(33)14-11-17-32(38(7,35)36)22-15-16-25(37-6)23(29)18-22/h9-10,12-13,15-16,18,24H,8,11,14,17,19H2,1-7H3,(H,30,34)/t24-/m1/s1. The summed E-state index contributed by atoms with van der Waals surface area (Å²) in [6, 6.07) is 11.8. The monoisotopic (exact) mass is 565 g/mol. The third-order valence-corrected chi connectivity index (χ3v) is 7.55. The molecule has 0 aliphatic rings. The van der Waals surface area contributed by atoms with E-state index in [1.54, 1.807) is 17.0 Å². The van der Waals surface area contributed by atoms with Crippen LogP contribution in [0.2, 0.25) is 5.02 Å². The van der Waals surface area contributed by atoms with Crippen molar-refractivity contribution in [2.75, 3.05) is 24.2 Å². The van der Waals surface area contributed by atoms with Gasteiger partial charge in [0.1, 0.15) is 11.8 Å². The number of amides is 2. The molecular weight excluding hydrogens is 526 g/mol. The maximum Gasteiger partial charge on any atom is 0.243 e. The second-order valence-corrected chi connectivity index (χ2v) is 12.7. The Morgan fingerprint density at radius 1 is 1.13 bits per heavy atom. The molecule has 0 aromatic heterocycles. The minimum absolute atomic E-state index is 0.0705. The highest BCUT2D eigenvalue weighted by Crippen LogP contribution is 2.30.